The van der Waals surface area contributed by atoms with E-state index in [2.05, 4.69) is 6.92 Å². The highest BCUT2D eigenvalue weighted by molar-refractivity contribution is 5.13. The van der Waals surface area contributed by atoms with Crippen molar-refractivity contribution in [3.05, 3.63) is 35.9 Å². The maximum absolute atomic E-state index is 9.33. The molecule has 0 aliphatic carbocycles. The predicted molar refractivity (Wildman–Crippen MR) is 84.6 cm³/mol. The minimum absolute atomic E-state index is 0.0712. The smallest absolute Gasteiger partial charge is 0.188 e. The second-order valence-corrected chi connectivity index (χ2v) is 7.05. The second-order valence-electron chi connectivity index (χ2n) is 7.05. The van der Waals surface area contributed by atoms with E-state index in [1.807, 2.05) is 44.2 Å². The molecule has 5 nitrogen and oxygen atoms in total. The number of hydrogen-bond acceptors (Lipinski definition) is 5. The molecule has 0 amide bonds. The summed E-state index contributed by atoms with van der Waals surface area (Å²) in [6, 6.07) is 10.1. The Morgan fingerprint density at radius 3 is 2.57 bits per heavy atom. The van der Waals surface area contributed by atoms with Crippen LogP contribution in [-0.2, 0) is 25.6 Å². The molecule has 2 aliphatic heterocycles. The Kier molecular flexibility index (Phi) is 4.76. The molecule has 1 N–H and O–H groups in total. The molecule has 4 atom stereocenters. The summed E-state index contributed by atoms with van der Waals surface area (Å²) in [6.07, 6.45) is -0.184. The number of benzene rings is 1. The van der Waals surface area contributed by atoms with Crippen molar-refractivity contribution in [1.82, 2.24) is 0 Å². The Morgan fingerprint density at radius 2 is 1.87 bits per heavy atom. The van der Waals surface area contributed by atoms with E-state index in [-0.39, 0.29) is 24.2 Å². The van der Waals surface area contributed by atoms with Crippen LogP contribution in [0.1, 0.15) is 32.8 Å². The zero-order chi connectivity index (χ0) is 16.5. The highest BCUT2D eigenvalue weighted by Gasteiger charge is 2.60. The molecule has 23 heavy (non-hydrogen) atoms. The molecule has 2 aliphatic rings. The third kappa shape index (κ3) is 3.44. The molecular weight excluding hydrogens is 296 g/mol. The van der Waals surface area contributed by atoms with Gasteiger partial charge in [-0.15, -0.1) is 0 Å². The van der Waals surface area contributed by atoms with Gasteiger partial charge in [0.05, 0.1) is 19.3 Å². The predicted octanol–water partition coefficient (Wildman–Crippen LogP) is 2.47. The number of rotatable bonds is 6. The van der Waals surface area contributed by atoms with Gasteiger partial charge in [0.15, 0.2) is 12.1 Å². The van der Waals surface area contributed by atoms with E-state index in [1.54, 1.807) is 0 Å². The first-order valence-electron chi connectivity index (χ1n) is 8.18. The van der Waals surface area contributed by atoms with E-state index in [0.717, 1.165) is 5.56 Å². The molecule has 3 rings (SSSR count). The fourth-order valence-electron chi connectivity index (χ4n) is 3.43. The highest BCUT2D eigenvalue weighted by Crippen LogP contribution is 2.49. The summed E-state index contributed by atoms with van der Waals surface area (Å²) < 4.78 is 23.8. The Labute approximate surface area is 137 Å². The Bertz CT molecular complexity index is 517. The highest BCUT2D eigenvalue weighted by atomic mass is 16.8. The molecule has 0 saturated carbocycles. The molecule has 0 aromatic heterocycles. The van der Waals surface area contributed by atoms with Crippen LogP contribution >= 0.6 is 0 Å². The molecule has 1 aromatic rings. The number of ether oxygens (including phenoxy) is 4. The lowest BCUT2D eigenvalue weighted by Crippen LogP contribution is -2.43. The molecule has 2 fully saturated rings. The maximum Gasteiger partial charge on any atom is 0.188 e. The minimum Gasteiger partial charge on any atom is -0.396 e. The van der Waals surface area contributed by atoms with Gasteiger partial charge in [-0.2, -0.15) is 0 Å². The topological polar surface area (TPSA) is 57.2 Å². The molecule has 1 aromatic carbocycles. The molecule has 128 valence electrons. The van der Waals surface area contributed by atoms with Crippen molar-refractivity contribution >= 4 is 0 Å². The largest absolute Gasteiger partial charge is 0.396 e. The average Bonchev–Trinajstić information content (AvgIpc) is 2.94. The minimum atomic E-state index is -0.653. The van der Waals surface area contributed by atoms with E-state index in [0.29, 0.717) is 19.6 Å². The molecule has 0 radical (unpaired) electrons. The standard InChI is InChI=1S/C18H26O5/c1-17(2)22-15-16(23-17)21-14(9-10-19)18(15,3)12-20-11-13-7-5-4-6-8-13/h4-8,14-16,19H,9-12H2,1-3H3/t14-,15+,16-,18-/m1/s1. The van der Waals surface area contributed by atoms with Crippen molar-refractivity contribution in [2.45, 2.75) is 58.1 Å². The summed E-state index contributed by atoms with van der Waals surface area (Å²) in [5.41, 5.74) is 0.782. The van der Waals surface area contributed by atoms with Gasteiger partial charge in [0.1, 0.15) is 6.10 Å². The van der Waals surface area contributed by atoms with E-state index >= 15 is 0 Å². The normalized spacial score (nSPS) is 35.4. The van der Waals surface area contributed by atoms with Crippen LogP contribution in [0.15, 0.2) is 30.3 Å². The van der Waals surface area contributed by atoms with Crippen LogP contribution in [0.2, 0.25) is 0 Å². The van der Waals surface area contributed by atoms with Crippen LogP contribution < -0.4 is 0 Å². The lowest BCUT2D eigenvalue weighted by molar-refractivity contribution is -0.223. The zero-order valence-corrected chi connectivity index (χ0v) is 14.0. The van der Waals surface area contributed by atoms with Crippen LogP contribution in [0.4, 0.5) is 0 Å². The van der Waals surface area contributed by atoms with Crippen molar-refractivity contribution in [3.8, 4) is 0 Å². The molecule has 2 heterocycles. The van der Waals surface area contributed by atoms with Crippen molar-refractivity contribution in [2.75, 3.05) is 13.2 Å². The van der Waals surface area contributed by atoms with Gasteiger partial charge in [0.2, 0.25) is 0 Å². The van der Waals surface area contributed by atoms with Crippen LogP contribution in [0, 0.1) is 5.41 Å². The van der Waals surface area contributed by atoms with Crippen molar-refractivity contribution in [3.63, 3.8) is 0 Å². The monoisotopic (exact) mass is 322 g/mol. The van der Waals surface area contributed by atoms with Gasteiger partial charge in [0, 0.05) is 12.0 Å². The summed E-state index contributed by atoms with van der Waals surface area (Å²) >= 11 is 0. The molecule has 0 spiro atoms. The van der Waals surface area contributed by atoms with E-state index in [1.165, 1.54) is 0 Å². The van der Waals surface area contributed by atoms with Crippen LogP contribution in [0.3, 0.4) is 0 Å². The first kappa shape index (κ1) is 16.9. The third-order valence-corrected chi connectivity index (χ3v) is 4.66. The first-order chi connectivity index (χ1) is 10.9. The van der Waals surface area contributed by atoms with Crippen molar-refractivity contribution in [2.24, 2.45) is 5.41 Å². The van der Waals surface area contributed by atoms with Gasteiger partial charge >= 0.3 is 0 Å². The summed E-state index contributed by atoms with van der Waals surface area (Å²) in [5, 5.41) is 9.33. The third-order valence-electron chi connectivity index (χ3n) is 4.66. The summed E-state index contributed by atoms with van der Waals surface area (Å²) in [5.74, 6) is -0.653. The van der Waals surface area contributed by atoms with Crippen LogP contribution in [0.5, 0.6) is 0 Å². The first-order valence-corrected chi connectivity index (χ1v) is 8.18. The number of hydrogen-bond donors (Lipinski definition) is 1. The lowest BCUT2D eigenvalue weighted by atomic mass is 9.80. The van der Waals surface area contributed by atoms with Crippen molar-refractivity contribution < 1.29 is 24.1 Å². The molecule has 0 bridgehead atoms. The summed E-state index contributed by atoms with van der Waals surface area (Å²) in [6.45, 7) is 6.98. The van der Waals surface area contributed by atoms with Gasteiger partial charge in [-0.3, -0.25) is 0 Å². The zero-order valence-electron chi connectivity index (χ0n) is 14.0. The number of aliphatic hydroxyl groups is 1. The van der Waals surface area contributed by atoms with E-state index < -0.39 is 12.1 Å². The van der Waals surface area contributed by atoms with Gasteiger partial charge in [0.25, 0.3) is 0 Å². The molecule has 0 unspecified atom stereocenters. The Hall–Kier alpha value is -0.980. The molecular formula is C18H26O5. The average molecular weight is 322 g/mol. The maximum atomic E-state index is 9.33. The van der Waals surface area contributed by atoms with Crippen LogP contribution in [-0.4, -0.2) is 42.6 Å². The Morgan fingerprint density at radius 1 is 1.13 bits per heavy atom. The van der Waals surface area contributed by atoms with E-state index in [4.69, 9.17) is 18.9 Å². The van der Waals surface area contributed by atoms with Gasteiger partial charge < -0.3 is 24.1 Å². The van der Waals surface area contributed by atoms with Gasteiger partial charge in [-0.25, -0.2) is 0 Å². The number of aliphatic hydroxyl groups excluding tert-OH is 1. The van der Waals surface area contributed by atoms with E-state index in [9.17, 15) is 5.11 Å². The SMILES string of the molecule is CC1(C)O[C@H]2O[C@H](CCO)[C@@](C)(COCc3ccccc3)[C@H]2O1. The number of fused-ring (bicyclic) bond motifs is 1. The van der Waals surface area contributed by atoms with Crippen molar-refractivity contribution in [1.29, 1.82) is 0 Å². The lowest BCUT2D eigenvalue weighted by Gasteiger charge is -2.34. The quantitative estimate of drug-likeness (QED) is 0.872. The summed E-state index contributed by atoms with van der Waals surface area (Å²) in [7, 11) is 0. The molecule has 5 heteroatoms. The second kappa shape index (κ2) is 6.49. The fraction of sp³-hybridized carbons (Fsp3) is 0.667. The van der Waals surface area contributed by atoms with Crippen LogP contribution in [0.25, 0.3) is 0 Å². The molecule has 2 saturated heterocycles. The Balaban J connectivity index is 1.67. The van der Waals surface area contributed by atoms with Gasteiger partial charge in [-0.1, -0.05) is 37.3 Å². The van der Waals surface area contributed by atoms with Gasteiger partial charge in [-0.05, 0) is 25.8 Å². The fourth-order valence-corrected chi connectivity index (χ4v) is 3.43. The summed E-state index contributed by atoms with van der Waals surface area (Å²) in [4.78, 5) is 0.